The Morgan fingerprint density at radius 3 is 2.11 bits per heavy atom. The predicted molar refractivity (Wildman–Crippen MR) is 71.9 cm³/mol. The quantitative estimate of drug-likeness (QED) is 0.827. The van der Waals surface area contributed by atoms with Gasteiger partial charge in [0.05, 0.1) is 5.41 Å². The Bertz CT molecular complexity index is 378. The summed E-state index contributed by atoms with van der Waals surface area (Å²) in [5, 5.41) is 12.0. The number of alkyl carbamates (subject to hydrolysis) is 1. The zero-order chi connectivity index (χ0) is 15.1. The molecule has 0 spiro atoms. The summed E-state index contributed by atoms with van der Waals surface area (Å²) in [4.78, 5) is 23.0. The Morgan fingerprint density at radius 2 is 1.79 bits per heavy atom. The summed E-state index contributed by atoms with van der Waals surface area (Å²) < 4.78 is 5.12. The minimum Gasteiger partial charge on any atom is -0.481 e. The molecule has 1 saturated carbocycles. The van der Waals surface area contributed by atoms with Crippen LogP contribution in [0.3, 0.4) is 0 Å². The van der Waals surface area contributed by atoms with Crippen LogP contribution in [0.1, 0.15) is 48.0 Å². The second kappa shape index (κ2) is 4.69. The first kappa shape index (κ1) is 15.8. The molecule has 5 heteroatoms. The van der Waals surface area contributed by atoms with Crippen molar-refractivity contribution in [1.82, 2.24) is 5.32 Å². The molecule has 0 unspecified atom stereocenters. The molecule has 0 bridgehead atoms. The molecule has 0 aromatic rings. The van der Waals surface area contributed by atoms with Crippen molar-refractivity contribution in [2.45, 2.75) is 53.6 Å². The van der Waals surface area contributed by atoms with Crippen LogP contribution in [-0.4, -0.2) is 29.3 Å². The topological polar surface area (TPSA) is 75.6 Å². The average Bonchev–Trinajstić information content (AvgIpc) is 2.87. The first-order chi connectivity index (χ1) is 8.38. The number of aliphatic carboxylic acids is 1. The summed E-state index contributed by atoms with van der Waals surface area (Å²) in [7, 11) is 0. The number of amides is 1. The van der Waals surface area contributed by atoms with Gasteiger partial charge in [-0.25, -0.2) is 4.79 Å². The number of hydrogen-bond acceptors (Lipinski definition) is 3. The first-order valence-corrected chi connectivity index (χ1v) is 6.59. The average molecular weight is 271 g/mol. The fourth-order valence-corrected chi connectivity index (χ4v) is 2.49. The molecule has 1 amide bonds. The van der Waals surface area contributed by atoms with Gasteiger partial charge in [-0.05, 0) is 38.5 Å². The predicted octanol–water partition coefficient (Wildman–Crippen LogP) is 2.65. The molecule has 5 nitrogen and oxygen atoms in total. The van der Waals surface area contributed by atoms with E-state index in [1.807, 2.05) is 20.8 Å². The number of carboxylic acid groups (broad SMARTS) is 1. The third-order valence-electron chi connectivity index (χ3n) is 3.49. The Kier molecular flexibility index (Phi) is 3.90. The number of carboxylic acids is 1. The van der Waals surface area contributed by atoms with Crippen molar-refractivity contribution < 1.29 is 19.4 Å². The number of nitrogens with one attached hydrogen (secondary N) is 1. The van der Waals surface area contributed by atoms with E-state index >= 15 is 0 Å². The lowest BCUT2D eigenvalue weighted by molar-refractivity contribution is -0.144. The highest BCUT2D eigenvalue weighted by Crippen LogP contribution is 2.60. The molecule has 2 N–H and O–H groups in total. The lowest BCUT2D eigenvalue weighted by Crippen LogP contribution is -2.39. The molecule has 1 fully saturated rings. The van der Waals surface area contributed by atoms with Gasteiger partial charge in [-0.15, -0.1) is 0 Å². The molecular weight excluding hydrogens is 246 g/mol. The summed E-state index contributed by atoms with van der Waals surface area (Å²) in [5.74, 6) is -0.768. The van der Waals surface area contributed by atoms with E-state index in [0.29, 0.717) is 6.42 Å². The SMILES string of the molecule is CC(C)(C)OC(=O)NC[C@@]1(C(=O)O)C[C@H]1C(C)(C)C. The van der Waals surface area contributed by atoms with Crippen LogP contribution in [0.15, 0.2) is 0 Å². The van der Waals surface area contributed by atoms with Crippen LogP contribution in [0, 0.1) is 16.7 Å². The molecule has 0 aromatic heterocycles. The monoisotopic (exact) mass is 271 g/mol. The maximum atomic E-state index is 11.6. The van der Waals surface area contributed by atoms with Crippen molar-refractivity contribution in [2.24, 2.45) is 16.7 Å². The van der Waals surface area contributed by atoms with Gasteiger partial charge in [-0.2, -0.15) is 0 Å². The molecule has 0 aliphatic heterocycles. The maximum absolute atomic E-state index is 11.6. The zero-order valence-electron chi connectivity index (χ0n) is 12.7. The maximum Gasteiger partial charge on any atom is 0.407 e. The second-order valence-electron chi connectivity index (χ2n) is 7.44. The summed E-state index contributed by atoms with van der Waals surface area (Å²) in [6.07, 6.45) is 0.0365. The highest BCUT2D eigenvalue weighted by atomic mass is 16.6. The van der Waals surface area contributed by atoms with Crippen molar-refractivity contribution in [2.75, 3.05) is 6.54 Å². The summed E-state index contributed by atoms with van der Waals surface area (Å²) in [5.41, 5.74) is -1.49. The van der Waals surface area contributed by atoms with Crippen LogP contribution < -0.4 is 5.32 Å². The Labute approximate surface area is 114 Å². The van der Waals surface area contributed by atoms with Gasteiger partial charge in [0.2, 0.25) is 0 Å². The Hall–Kier alpha value is -1.26. The number of carbonyl (C=O) groups excluding carboxylic acids is 1. The molecule has 1 aliphatic rings. The Balaban J connectivity index is 2.60. The van der Waals surface area contributed by atoms with Crippen LogP contribution in [0.2, 0.25) is 0 Å². The first-order valence-electron chi connectivity index (χ1n) is 6.59. The minimum absolute atomic E-state index is 0.0754. The molecule has 0 saturated heterocycles. The van der Waals surface area contributed by atoms with Crippen LogP contribution in [0.25, 0.3) is 0 Å². The summed E-state index contributed by atoms with van der Waals surface area (Å²) in [6, 6.07) is 0. The standard InChI is InChI=1S/C14H25NO4/c1-12(2,3)9-7-14(9,10(16)17)8-15-11(18)19-13(4,5)6/h9H,7-8H2,1-6H3,(H,15,18)(H,16,17)/t9-,14-/m0/s1. The molecule has 2 atom stereocenters. The van der Waals surface area contributed by atoms with Crippen molar-refractivity contribution in [3.8, 4) is 0 Å². The van der Waals surface area contributed by atoms with Crippen LogP contribution in [0.4, 0.5) is 4.79 Å². The number of hydrogen-bond donors (Lipinski definition) is 2. The molecule has 110 valence electrons. The van der Waals surface area contributed by atoms with E-state index in [1.165, 1.54) is 0 Å². The number of rotatable bonds is 3. The van der Waals surface area contributed by atoms with Gasteiger partial charge in [0, 0.05) is 6.54 Å². The fraction of sp³-hybridized carbons (Fsp3) is 0.857. The van der Waals surface area contributed by atoms with E-state index in [0.717, 1.165) is 0 Å². The molecule has 19 heavy (non-hydrogen) atoms. The minimum atomic E-state index is -0.844. The van der Waals surface area contributed by atoms with E-state index in [4.69, 9.17) is 4.74 Å². The highest BCUT2D eigenvalue weighted by Gasteiger charge is 2.64. The summed E-state index contributed by atoms with van der Waals surface area (Å²) >= 11 is 0. The van der Waals surface area contributed by atoms with Gasteiger partial charge in [0.1, 0.15) is 5.60 Å². The van der Waals surface area contributed by atoms with Crippen molar-refractivity contribution in [3.05, 3.63) is 0 Å². The van der Waals surface area contributed by atoms with Gasteiger partial charge in [-0.1, -0.05) is 20.8 Å². The Morgan fingerprint density at radius 1 is 1.26 bits per heavy atom. The lowest BCUT2D eigenvalue weighted by Gasteiger charge is -2.24. The largest absolute Gasteiger partial charge is 0.481 e. The molecule has 0 radical (unpaired) electrons. The normalized spacial score (nSPS) is 26.7. The molecule has 1 rings (SSSR count). The third kappa shape index (κ3) is 3.85. The molecule has 1 aliphatic carbocycles. The van der Waals surface area contributed by atoms with Gasteiger partial charge in [0.25, 0.3) is 0 Å². The number of carbonyl (C=O) groups is 2. The van der Waals surface area contributed by atoms with Crippen molar-refractivity contribution in [3.63, 3.8) is 0 Å². The van der Waals surface area contributed by atoms with Gasteiger partial charge >= 0.3 is 12.1 Å². The van der Waals surface area contributed by atoms with E-state index in [-0.39, 0.29) is 17.9 Å². The van der Waals surface area contributed by atoms with Gasteiger partial charge in [0.15, 0.2) is 0 Å². The van der Waals surface area contributed by atoms with E-state index in [1.54, 1.807) is 20.8 Å². The van der Waals surface area contributed by atoms with E-state index < -0.39 is 23.1 Å². The van der Waals surface area contributed by atoms with Gasteiger partial charge < -0.3 is 15.2 Å². The van der Waals surface area contributed by atoms with E-state index in [9.17, 15) is 14.7 Å². The molecular formula is C14H25NO4. The van der Waals surface area contributed by atoms with E-state index in [2.05, 4.69) is 5.32 Å². The highest BCUT2D eigenvalue weighted by molar-refractivity contribution is 5.80. The molecule has 0 heterocycles. The fourth-order valence-electron chi connectivity index (χ4n) is 2.49. The lowest BCUT2D eigenvalue weighted by atomic mass is 9.84. The van der Waals surface area contributed by atoms with Crippen LogP contribution in [-0.2, 0) is 9.53 Å². The van der Waals surface area contributed by atoms with Crippen molar-refractivity contribution in [1.29, 1.82) is 0 Å². The van der Waals surface area contributed by atoms with Crippen molar-refractivity contribution >= 4 is 12.1 Å². The van der Waals surface area contributed by atoms with Crippen LogP contribution in [0.5, 0.6) is 0 Å². The zero-order valence-corrected chi connectivity index (χ0v) is 12.7. The van der Waals surface area contributed by atoms with Gasteiger partial charge in [-0.3, -0.25) is 4.79 Å². The third-order valence-corrected chi connectivity index (χ3v) is 3.49. The number of ether oxygens (including phenoxy) is 1. The molecule has 0 aromatic carbocycles. The smallest absolute Gasteiger partial charge is 0.407 e. The second-order valence-corrected chi connectivity index (χ2v) is 7.44. The summed E-state index contributed by atoms with van der Waals surface area (Å²) in [6.45, 7) is 11.5. The van der Waals surface area contributed by atoms with Crippen LogP contribution >= 0.6 is 0 Å².